The smallest absolute Gasteiger partial charge is 0.240 e. The number of likely N-dealkylation sites (N-methyl/N-ethyl adjacent to an activating group) is 1. The molecule has 0 bridgehead atoms. The van der Waals surface area contributed by atoms with E-state index < -0.39 is 22.2 Å². The number of nitrogens with zero attached hydrogens (tertiary/aromatic N) is 1. The Hall–Kier alpha value is -0.990. The number of aliphatic hydroxyl groups is 1. The van der Waals surface area contributed by atoms with Crippen LogP contribution >= 0.6 is 0 Å². The first kappa shape index (κ1) is 19.3. The van der Waals surface area contributed by atoms with Crippen molar-refractivity contribution < 1.29 is 18.3 Å². The van der Waals surface area contributed by atoms with E-state index in [0.29, 0.717) is 6.54 Å². The molecule has 1 aromatic rings. The second-order valence-electron chi connectivity index (χ2n) is 6.52. The van der Waals surface area contributed by atoms with Crippen LogP contribution in [0.5, 0.6) is 0 Å². The number of unbranched alkanes of at least 4 members (excludes halogenated alkanes) is 1. The number of sulfonamides is 1. The summed E-state index contributed by atoms with van der Waals surface area (Å²) >= 11 is 0. The number of benzene rings is 1. The topological polar surface area (TPSA) is 78.9 Å². The lowest BCUT2D eigenvalue weighted by molar-refractivity contribution is 0.0203. The molecule has 0 spiro atoms. The quantitative estimate of drug-likeness (QED) is 0.730. The van der Waals surface area contributed by atoms with E-state index in [1.54, 1.807) is 24.3 Å². The zero-order valence-electron chi connectivity index (χ0n) is 14.6. The molecule has 1 aliphatic heterocycles. The van der Waals surface area contributed by atoms with Crippen molar-refractivity contribution in [2.75, 3.05) is 26.7 Å². The van der Waals surface area contributed by atoms with Gasteiger partial charge in [0.15, 0.2) is 0 Å². The van der Waals surface area contributed by atoms with Crippen molar-refractivity contribution in [2.24, 2.45) is 0 Å². The molecule has 0 saturated carbocycles. The third-order valence-electron chi connectivity index (χ3n) is 4.31. The van der Waals surface area contributed by atoms with E-state index in [9.17, 15) is 13.5 Å². The summed E-state index contributed by atoms with van der Waals surface area (Å²) < 4.78 is 33.0. The summed E-state index contributed by atoms with van der Waals surface area (Å²) in [4.78, 5) is 2.30. The van der Waals surface area contributed by atoms with Crippen LogP contribution in [0.3, 0.4) is 0 Å². The Balaban J connectivity index is 1.95. The molecule has 0 aliphatic carbocycles. The fourth-order valence-electron chi connectivity index (χ4n) is 2.76. The molecule has 7 heteroatoms. The molecule has 1 aromatic carbocycles. The standard InChI is InChI=1S/C17H28N2O4S/c1-4-5-10-19(3)11-16-17(20)15(12-23-16)18-24(21,22)14-8-6-13(2)7-9-14/h6-9,15-18,20H,4-5,10-12H2,1-3H3/t15-,16-,17+/m0/s1. The number of hydrogen-bond donors (Lipinski definition) is 2. The van der Waals surface area contributed by atoms with Crippen LogP contribution in [0, 0.1) is 6.92 Å². The van der Waals surface area contributed by atoms with E-state index in [4.69, 9.17) is 4.74 Å². The van der Waals surface area contributed by atoms with Gasteiger partial charge >= 0.3 is 0 Å². The average Bonchev–Trinajstić information content (AvgIpc) is 2.86. The van der Waals surface area contributed by atoms with Crippen molar-refractivity contribution in [3.05, 3.63) is 29.8 Å². The van der Waals surface area contributed by atoms with Gasteiger partial charge in [-0.3, -0.25) is 0 Å². The summed E-state index contributed by atoms with van der Waals surface area (Å²) in [5.74, 6) is 0. The van der Waals surface area contributed by atoms with Gasteiger partial charge in [0.05, 0.1) is 29.8 Å². The van der Waals surface area contributed by atoms with Crippen LogP contribution in [-0.4, -0.2) is 63.4 Å². The van der Waals surface area contributed by atoms with Crippen LogP contribution in [0.1, 0.15) is 25.3 Å². The molecule has 0 aromatic heterocycles. The molecule has 24 heavy (non-hydrogen) atoms. The van der Waals surface area contributed by atoms with Gasteiger partial charge in [-0.15, -0.1) is 0 Å². The van der Waals surface area contributed by atoms with E-state index >= 15 is 0 Å². The number of hydrogen-bond acceptors (Lipinski definition) is 5. The molecule has 1 saturated heterocycles. The van der Waals surface area contributed by atoms with Gasteiger partial charge in [0.2, 0.25) is 10.0 Å². The average molecular weight is 356 g/mol. The van der Waals surface area contributed by atoms with Crippen LogP contribution < -0.4 is 4.72 Å². The second-order valence-corrected chi connectivity index (χ2v) is 8.23. The SMILES string of the molecule is CCCCN(C)C[C@@H]1OC[C@H](NS(=O)(=O)c2ccc(C)cc2)[C@H]1O. The number of rotatable bonds is 8. The van der Waals surface area contributed by atoms with E-state index in [0.717, 1.165) is 24.9 Å². The second kappa shape index (κ2) is 8.40. The Bertz CT molecular complexity index is 618. The van der Waals surface area contributed by atoms with Crippen molar-refractivity contribution in [2.45, 2.75) is 49.8 Å². The molecular weight excluding hydrogens is 328 g/mol. The predicted molar refractivity (Wildman–Crippen MR) is 93.4 cm³/mol. The Morgan fingerprint density at radius 3 is 2.62 bits per heavy atom. The molecule has 0 radical (unpaired) electrons. The maximum Gasteiger partial charge on any atom is 0.240 e. The summed E-state index contributed by atoms with van der Waals surface area (Å²) in [5.41, 5.74) is 0.994. The summed E-state index contributed by atoms with van der Waals surface area (Å²) in [5, 5.41) is 10.4. The van der Waals surface area contributed by atoms with Gasteiger partial charge in [-0.2, -0.15) is 0 Å². The zero-order chi connectivity index (χ0) is 17.7. The van der Waals surface area contributed by atoms with Gasteiger partial charge in [-0.05, 0) is 39.1 Å². The summed E-state index contributed by atoms with van der Waals surface area (Å²) in [7, 11) is -1.68. The molecule has 6 nitrogen and oxygen atoms in total. The molecule has 3 atom stereocenters. The molecule has 0 unspecified atom stereocenters. The number of ether oxygens (including phenoxy) is 1. The van der Waals surface area contributed by atoms with E-state index in [2.05, 4.69) is 16.5 Å². The molecule has 2 rings (SSSR count). The number of aryl methyl sites for hydroxylation is 1. The predicted octanol–water partition coefficient (Wildman–Crippen LogP) is 1.13. The highest BCUT2D eigenvalue weighted by Crippen LogP contribution is 2.19. The third kappa shape index (κ3) is 5.00. The van der Waals surface area contributed by atoms with Crippen molar-refractivity contribution in [3.63, 3.8) is 0 Å². The van der Waals surface area contributed by atoms with Gasteiger partial charge in [0.1, 0.15) is 0 Å². The third-order valence-corrected chi connectivity index (χ3v) is 5.81. The summed E-state index contributed by atoms with van der Waals surface area (Å²) in [6.07, 6.45) is 0.965. The lowest BCUT2D eigenvalue weighted by Gasteiger charge is -2.23. The minimum absolute atomic E-state index is 0.179. The van der Waals surface area contributed by atoms with Gasteiger partial charge in [-0.25, -0.2) is 13.1 Å². The van der Waals surface area contributed by atoms with Gasteiger partial charge in [0, 0.05) is 6.54 Å². The molecule has 1 fully saturated rings. The van der Waals surface area contributed by atoms with Gasteiger partial charge in [-0.1, -0.05) is 31.0 Å². The minimum Gasteiger partial charge on any atom is -0.389 e. The van der Waals surface area contributed by atoms with E-state index in [1.807, 2.05) is 14.0 Å². The maximum absolute atomic E-state index is 12.4. The summed E-state index contributed by atoms with van der Waals surface area (Å²) in [6.45, 7) is 5.73. The Labute approximate surface area is 144 Å². The highest BCUT2D eigenvalue weighted by atomic mass is 32.2. The van der Waals surface area contributed by atoms with Crippen molar-refractivity contribution in [3.8, 4) is 0 Å². The van der Waals surface area contributed by atoms with Gasteiger partial charge < -0.3 is 14.7 Å². The normalized spacial score (nSPS) is 24.6. The zero-order valence-corrected chi connectivity index (χ0v) is 15.4. The van der Waals surface area contributed by atoms with Crippen LogP contribution in [0.15, 0.2) is 29.2 Å². The van der Waals surface area contributed by atoms with E-state index in [1.165, 1.54) is 0 Å². The molecular formula is C17H28N2O4S. The van der Waals surface area contributed by atoms with Crippen molar-refractivity contribution in [1.29, 1.82) is 0 Å². The maximum atomic E-state index is 12.4. The lowest BCUT2D eigenvalue weighted by atomic mass is 10.1. The Morgan fingerprint density at radius 1 is 1.33 bits per heavy atom. The van der Waals surface area contributed by atoms with Crippen molar-refractivity contribution in [1.82, 2.24) is 9.62 Å². The van der Waals surface area contributed by atoms with E-state index in [-0.39, 0.29) is 17.6 Å². The molecule has 1 heterocycles. The molecule has 2 N–H and O–H groups in total. The highest BCUT2D eigenvalue weighted by molar-refractivity contribution is 7.89. The molecule has 1 aliphatic rings. The number of aliphatic hydroxyl groups excluding tert-OH is 1. The number of nitrogens with one attached hydrogen (secondary N) is 1. The fourth-order valence-corrected chi connectivity index (χ4v) is 4.00. The lowest BCUT2D eigenvalue weighted by Crippen LogP contribution is -2.46. The minimum atomic E-state index is -3.66. The van der Waals surface area contributed by atoms with Crippen LogP contribution in [0.4, 0.5) is 0 Å². The van der Waals surface area contributed by atoms with Crippen LogP contribution in [0.2, 0.25) is 0 Å². The van der Waals surface area contributed by atoms with Gasteiger partial charge in [0.25, 0.3) is 0 Å². The molecule has 136 valence electrons. The van der Waals surface area contributed by atoms with Crippen LogP contribution in [0.25, 0.3) is 0 Å². The monoisotopic (exact) mass is 356 g/mol. The first-order chi connectivity index (χ1) is 11.3. The first-order valence-corrected chi connectivity index (χ1v) is 9.89. The Kier molecular flexibility index (Phi) is 6.77. The fraction of sp³-hybridized carbons (Fsp3) is 0.647. The molecule has 0 amide bonds. The summed E-state index contributed by atoms with van der Waals surface area (Å²) in [6, 6.07) is 6.01. The largest absolute Gasteiger partial charge is 0.389 e. The van der Waals surface area contributed by atoms with Crippen LogP contribution in [-0.2, 0) is 14.8 Å². The highest BCUT2D eigenvalue weighted by Gasteiger charge is 2.38. The Morgan fingerprint density at radius 2 is 2.00 bits per heavy atom. The van der Waals surface area contributed by atoms with Crippen molar-refractivity contribution >= 4 is 10.0 Å². The first-order valence-electron chi connectivity index (χ1n) is 8.40.